The lowest BCUT2D eigenvalue weighted by Crippen LogP contribution is -2.36. The Morgan fingerprint density at radius 1 is 1.47 bits per heavy atom. The molecule has 1 N–H and O–H groups in total. The maximum Gasteiger partial charge on any atom is 0.322 e. The molecule has 1 aromatic rings. The van der Waals surface area contributed by atoms with Crippen molar-refractivity contribution >= 4 is 5.91 Å². The number of amides is 1. The van der Waals surface area contributed by atoms with Gasteiger partial charge in [-0.25, -0.2) is 0 Å². The molecule has 0 saturated carbocycles. The molecule has 0 heterocycles. The van der Waals surface area contributed by atoms with Gasteiger partial charge in [0.2, 0.25) is 0 Å². The fraction of sp³-hybridized carbons (Fsp3) is 0.467. The summed E-state index contributed by atoms with van der Waals surface area (Å²) in [6.07, 6.45) is 0. The van der Waals surface area contributed by atoms with Gasteiger partial charge in [-0.15, -0.1) is 0 Å². The van der Waals surface area contributed by atoms with E-state index in [0.717, 1.165) is 16.9 Å². The third kappa shape index (κ3) is 3.99. The standard InChI is InChI=1S/C15H20N2O2/c1-5-19-13-7-6-12(8-11(13)2)15(3,4)10-17-14(18)9-16/h6-8H,5,10H2,1-4H3,(H,17,18). The SMILES string of the molecule is CCOc1ccc(C(C)(C)CNC(=O)C#N)cc1C. The monoisotopic (exact) mass is 260 g/mol. The minimum atomic E-state index is -0.601. The summed E-state index contributed by atoms with van der Waals surface area (Å²) in [6.45, 7) is 9.07. The summed E-state index contributed by atoms with van der Waals surface area (Å²) in [4.78, 5) is 11.0. The van der Waals surface area contributed by atoms with Gasteiger partial charge in [-0.1, -0.05) is 26.0 Å². The Hall–Kier alpha value is -2.02. The fourth-order valence-electron chi connectivity index (χ4n) is 1.83. The molecule has 0 spiro atoms. The van der Waals surface area contributed by atoms with Crippen LogP contribution in [-0.4, -0.2) is 19.1 Å². The van der Waals surface area contributed by atoms with E-state index in [9.17, 15) is 4.79 Å². The van der Waals surface area contributed by atoms with Gasteiger partial charge >= 0.3 is 5.91 Å². The summed E-state index contributed by atoms with van der Waals surface area (Å²) >= 11 is 0. The molecule has 0 radical (unpaired) electrons. The molecule has 1 aromatic carbocycles. The van der Waals surface area contributed by atoms with Gasteiger partial charge in [-0.05, 0) is 31.0 Å². The lowest BCUT2D eigenvalue weighted by molar-refractivity contribution is -0.116. The quantitative estimate of drug-likeness (QED) is 0.826. The fourth-order valence-corrected chi connectivity index (χ4v) is 1.83. The summed E-state index contributed by atoms with van der Waals surface area (Å²) < 4.78 is 5.51. The zero-order chi connectivity index (χ0) is 14.5. The van der Waals surface area contributed by atoms with Crippen LogP contribution in [0.15, 0.2) is 18.2 Å². The number of nitrogens with zero attached hydrogens (tertiary/aromatic N) is 1. The molecule has 0 aliphatic rings. The average Bonchev–Trinajstić information content (AvgIpc) is 2.38. The summed E-state index contributed by atoms with van der Waals surface area (Å²) in [5.74, 6) is 0.277. The molecule has 4 heteroatoms. The highest BCUT2D eigenvalue weighted by Gasteiger charge is 2.22. The number of aryl methyl sites for hydroxylation is 1. The molecule has 0 fully saturated rings. The molecule has 0 aromatic heterocycles. The summed E-state index contributed by atoms with van der Waals surface area (Å²) in [5, 5.41) is 11.1. The van der Waals surface area contributed by atoms with Crippen LogP contribution in [0.3, 0.4) is 0 Å². The van der Waals surface area contributed by atoms with E-state index in [-0.39, 0.29) is 5.41 Å². The minimum Gasteiger partial charge on any atom is -0.494 e. The van der Waals surface area contributed by atoms with Crippen LogP contribution in [0.5, 0.6) is 5.75 Å². The largest absolute Gasteiger partial charge is 0.494 e. The molecule has 0 aliphatic heterocycles. The Kier molecular flexibility index (Phi) is 4.94. The van der Waals surface area contributed by atoms with Crippen molar-refractivity contribution in [3.05, 3.63) is 29.3 Å². The van der Waals surface area contributed by atoms with Crippen molar-refractivity contribution in [2.24, 2.45) is 0 Å². The zero-order valence-corrected chi connectivity index (χ0v) is 11.9. The molecular formula is C15H20N2O2. The number of nitrogens with one attached hydrogen (secondary N) is 1. The number of hydrogen-bond acceptors (Lipinski definition) is 3. The van der Waals surface area contributed by atoms with Crippen LogP contribution < -0.4 is 10.1 Å². The Labute approximate surface area is 114 Å². The number of ether oxygens (including phenoxy) is 1. The number of nitriles is 1. The molecule has 19 heavy (non-hydrogen) atoms. The van der Waals surface area contributed by atoms with Gasteiger partial charge < -0.3 is 10.1 Å². The van der Waals surface area contributed by atoms with Crippen LogP contribution in [0.1, 0.15) is 31.9 Å². The van der Waals surface area contributed by atoms with E-state index in [2.05, 4.69) is 11.4 Å². The van der Waals surface area contributed by atoms with Crippen molar-refractivity contribution in [2.75, 3.05) is 13.2 Å². The van der Waals surface area contributed by atoms with Gasteiger partial charge in [0.1, 0.15) is 5.75 Å². The van der Waals surface area contributed by atoms with Crippen molar-refractivity contribution < 1.29 is 9.53 Å². The second-order valence-corrected chi connectivity index (χ2v) is 5.09. The third-order valence-corrected chi connectivity index (χ3v) is 3.05. The van der Waals surface area contributed by atoms with E-state index in [1.54, 1.807) is 6.07 Å². The molecule has 1 amide bonds. The minimum absolute atomic E-state index is 0.234. The lowest BCUT2D eigenvalue weighted by Gasteiger charge is -2.26. The Bertz CT molecular complexity index is 501. The molecule has 1 rings (SSSR count). The van der Waals surface area contributed by atoms with Crippen molar-refractivity contribution in [1.29, 1.82) is 5.26 Å². The predicted octanol–water partition coefficient (Wildman–Crippen LogP) is 2.31. The van der Waals surface area contributed by atoms with Crippen molar-refractivity contribution in [1.82, 2.24) is 5.32 Å². The van der Waals surface area contributed by atoms with Crippen LogP contribution in [0.2, 0.25) is 0 Å². The lowest BCUT2D eigenvalue weighted by atomic mass is 9.83. The highest BCUT2D eigenvalue weighted by Crippen LogP contribution is 2.27. The number of benzene rings is 1. The van der Waals surface area contributed by atoms with E-state index in [4.69, 9.17) is 10.00 Å². The van der Waals surface area contributed by atoms with E-state index < -0.39 is 5.91 Å². The van der Waals surface area contributed by atoms with E-state index in [0.29, 0.717) is 13.2 Å². The average molecular weight is 260 g/mol. The summed E-state index contributed by atoms with van der Waals surface area (Å²) in [6, 6.07) is 7.56. The van der Waals surface area contributed by atoms with Gasteiger partial charge in [-0.3, -0.25) is 4.79 Å². The van der Waals surface area contributed by atoms with Gasteiger partial charge in [-0.2, -0.15) is 5.26 Å². The van der Waals surface area contributed by atoms with Gasteiger partial charge in [0.15, 0.2) is 6.07 Å². The Morgan fingerprint density at radius 2 is 2.16 bits per heavy atom. The van der Waals surface area contributed by atoms with Crippen molar-refractivity contribution in [3.8, 4) is 11.8 Å². The second-order valence-electron chi connectivity index (χ2n) is 5.09. The summed E-state index contributed by atoms with van der Waals surface area (Å²) in [7, 11) is 0. The molecule has 0 aliphatic carbocycles. The number of hydrogen-bond donors (Lipinski definition) is 1. The van der Waals surface area contributed by atoms with Crippen LogP contribution >= 0.6 is 0 Å². The van der Waals surface area contributed by atoms with Crippen LogP contribution in [0.25, 0.3) is 0 Å². The number of carbonyl (C=O) groups excluding carboxylic acids is 1. The Balaban J connectivity index is 2.86. The topological polar surface area (TPSA) is 62.1 Å². The highest BCUT2D eigenvalue weighted by atomic mass is 16.5. The number of rotatable bonds is 5. The predicted molar refractivity (Wildman–Crippen MR) is 74.0 cm³/mol. The third-order valence-electron chi connectivity index (χ3n) is 3.05. The first-order valence-electron chi connectivity index (χ1n) is 6.32. The molecule has 0 atom stereocenters. The van der Waals surface area contributed by atoms with Gasteiger partial charge in [0, 0.05) is 12.0 Å². The normalized spacial score (nSPS) is 10.7. The first-order chi connectivity index (χ1) is 8.90. The van der Waals surface area contributed by atoms with Crippen LogP contribution in [0.4, 0.5) is 0 Å². The maximum atomic E-state index is 11.0. The zero-order valence-electron chi connectivity index (χ0n) is 11.9. The maximum absolute atomic E-state index is 11.0. The smallest absolute Gasteiger partial charge is 0.322 e. The summed E-state index contributed by atoms with van der Waals surface area (Å²) in [5.41, 5.74) is 1.94. The number of carbonyl (C=O) groups is 1. The molecule has 102 valence electrons. The molecule has 0 bridgehead atoms. The first kappa shape index (κ1) is 15.0. The van der Waals surface area contributed by atoms with E-state index in [1.807, 2.05) is 39.8 Å². The van der Waals surface area contributed by atoms with Gasteiger partial charge in [0.25, 0.3) is 0 Å². The van der Waals surface area contributed by atoms with Crippen LogP contribution in [-0.2, 0) is 10.2 Å². The second kappa shape index (κ2) is 6.24. The van der Waals surface area contributed by atoms with Crippen molar-refractivity contribution in [3.63, 3.8) is 0 Å². The Morgan fingerprint density at radius 3 is 2.68 bits per heavy atom. The molecule has 0 saturated heterocycles. The van der Waals surface area contributed by atoms with E-state index in [1.165, 1.54) is 0 Å². The molecular weight excluding hydrogens is 240 g/mol. The van der Waals surface area contributed by atoms with Crippen molar-refractivity contribution in [2.45, 2.75) is 33.1 Å². The first-order valence-corrected chi connectivity index (χ1v) is 6.32. The molecule has 0 unspecified atom stereocenters. The molecule has 4 nitrogen and oxygen atoms in total. The van der Waals surface area contributed by atoms with E-state index >= 15 is 0 Å². The van der Waals surface area contributed by atoms with Gasteiger partial charge in [0.05, 0.1) is 6.61 Å². The van der Waals surface area contributed by atoms with Crippen LogP contribution in [0, 0.1) is 18.3 Å². The highest BCUT2D eigenvalue weighted by molar-refractivity contribution is 5.91.